The third-order valence-electron chi connectivity index (χ3n) is 4.09. The number of rotatable bonds is 5. The Morgan fingerprint density at radius 2 is 1.80 bits per heavy atom. The third-order valence-corrected chi connectivity index (χ3v) is 4.94. The maximum absolute atomic E-state index is 12.3. The third kappa shape index (κ3) is 5.69. The van der Waals surface area contributed by atoms with Crippen LogP contribution in [-0.4, -0.2) is 66.3 Å². The zero-order valence-corrected chi connectivity index (χ0v) is 16.1. The molecule has 1 saturated heterocycles. The van der Waals surface area contributed by atoms with Crippen LogP contribution in [-0.2, 0) is 9.59 Å². The van der Waals surface area contributed by atoms with Crippen molar-refractivity contribution < 1.29 is 14.4 Å². The molecule has 1 aliphatic rings. The van der Waals surface area contributed by atoms with E-state index in [4.69, 9.17) is 5.73 Å². The van der Waals surface area contributed by atoms with E-state index >= 15 is 0 Å². The maximum Gasteiger partial charge on any atom is 0.264 e. The van der Waals surface area contributed by atoms with Gasteiger partial charge in [0, 0.05) is 26.2 Å². The molecule has 2 rings (SSSR count). The molecule has 140 valence electrons. The molecule has 1 aromatic heterocycles. The lowest BCUT2D eigenvalue weighted by molar-refractivity contribution is -0.134. The summed E-state index contributed by atoms with van der Waals surface area (Å²) in [6, 6.07) is 3.04. The van der Waals surface area contributed by atoms with Gasteiger partial charge in [-0.1, -0.05) is 19.9 Å². The normalized spacial score (nSPS) is 15.5. The number of carbonyl (C=O) groups excluding carboxylic acids is 3. The van der Waals surface area contributed by atoms with E-state index in [1.165, 1.54) is 11.3 Å². The molecule has 7 nitrogen and oxygen atoms in total. The van der Waals surface area contributed by atoms with Crippen LogP contribution in [0.25, 0.3) is 0 Å². The highest BCUT2D eigenvalue weighted by molar-refractivity contribution is 7.12. The van der Waals surface area contributed by atoms with Gasteiger partial charge in [0.15, 0.2) is 0 Å². The molecule has 2 heterocycles. The van der Waals surface area contributed by atoms with Crippen molar-refractivity contribution in [1.29, 1.82) is 0 Å². The van der Waals surface area contributed by atoms with Gasteiger partial charge in [-0.15, -0.1) is 23.7 Å². The lowest BCUT2D eigenvalue weighted by atomic mass is 10.1. The van der Waals surface area contributed by atoms with E-state index in [0.717, 1.165) is 0 Å². The fourth-order valence-corrected chi connectivity index (χ4v) is 3.10. The highest BCUT2D eigenvalue weighted by atomic mass is 35.5. The van der Waals surface area contributed by atoms with Crippen LogP contribution in [0.15, 0.2) is 17.5 Å². The van der Waals surface area contributed by atoms with Crippen molar-refractivity contribution in [2.45, 2.75) is 19.9 Å². The van der Waals surface area contributed by atoms with Gasteiger partial charge >= 0.3 is 0 Å². The van der Waals surface area contributed by atoms with E-state index in [9.17, 15) is 14.4 Å². The van der Waals surface area contributed by atoms with E-state index in [2.05, 4.69) is 5.32 Å². The average molecular weight is 389 g/mol. The molecule has 1 fully saturated rings. The first-order valence-electron chi connectivity index (χ1n) is 8.04. The first-order chi connectivity index (χ1) is 11.4. The standard InChI is InChI=1S/C16H24N4O3S.ClH/c1-11(2)14(17)15(22)18-10-13(21)19-5-7-20(8-6-19)16(23)12-4-3-9-24-12;/h3-4,9,11,14H,5-8,10,17H2,1-2H3,(H,18,22);1H/t14-;/m0./s1. The summed E-state index contributed by atoms with van der Waals surface area (Å²) >= 11 is 1.42. The summed E-state index contributed by atoms with van der Waals surface area (Å²) in [5.74, 6) is -0.437. The number of amides is 3. The van der Waals surface area contributed by atoms with Crippen molar-refractivity contribution in [2.75, 3.05) is 32.7 Å². The van der Waals surface area contributed by atoms with E-state index < -0.39 is 6.04 Å². The van der Waals surface area contributed by atoms with Crippen LogP contribution in [0.1, 0.15) is 23.5 Å². The predicted octanol–water partition coefficient (Wildman–Crippen LogP) is 0.554. The van der Waals surface area contributed by atoms with Gasteiger partial charge in [-0.25, -0.2) is 0 Å². The summed E-state index contributed by atoms with van der Waals surface area (Å²) in [5.41, 5.74) is 5.74. The SMILES string of the molecule is CC(C)[C@H](N)C(=O)NCC(=O)N1CCN(C(=O)c2cccs2)CC1.Cl. The number of nitrogens with one attached hydrogen (secondary N) is 1. The van der Waals surface area contributed by atoms with Gasteiger partial charge in [-0.3, -0.25) is 14.4 Å². The van der Waals surface area contributed by atoms with Crippen molar-refractivity contribution in [3.63, 3.8) is 0 Å². The van der Waals surface area contributed by atoms with Crippen molar-refractivity contribution in [3.8, 4) is 0 Å². The number of nitrogens with zero attached hydrogens (tertiary/aromatic N) is 2. The van der Waals surface area contributed by atoms with Gasteiger partial charge in [0.2, 0.25) is 11.8 Å². The Morgan fingerprint density at radius 1 is 1.20 bits per heavy atom. The van der Waals surface area contributed by atoms with E-state index in [1.54, 1.807) is 15.9 Å². The topological polar surface area (TPSA) is 95.7 Å². The smallest absolute Gasteiger partial charge is 0.264 e. The van der Waals surface area contributed by atoms with Crippen LogP contribution in [0.4, 0.5) is 0 Å². The number of hydrogen-bond donors (Lipinski definition) is 2. The molecule has 0 spiro atoms. The Balaban J connectivity index is 0.00000312. The second-order valence-corrected chi connectivity index (χ2v) is 7.09. The summed E-state index contributed by atoms with van der Waals surface area (Å²) in [5, 5.41) is 4.46. The van der Waals surface area contributed by atoms with Crippen LogP contribution in [0, 0.1) is 5.92 Å². The van der Waals surface area contributed by atoms with Crippen molar-refractivity contribution >= 4 is 41.5 Å². The van der Waals surface area contributed by atoms with E-state index in [-0.39, 0.29) is 42.6 Å². The number of carbonyl (C=O) groups is 3. The molecule has 0 aromatic carbocycles. The molecule has 9 heteroatoms. The predicted molar refractivity (Wildman–Crippen MR) is 99.9 cm³/mol. The first kappa shape index (κ1) is 21.4. The van der Waals surface area contributed by atoms with Crippen molar-refractivity contribution in [3.05, 3.63) is 22.4 Å². The minimum absolute atomic E-state index is 0. The summed E-state index contributed by atoms with van der Waals surface area (Å²) < 4.78 is 0. The highest BCUT2D eigenvalue weighted by Crippen LogP contribution is 2.13. The summed E-state index contributed by atoms with van der Waals surface area (Å²) in [4.78, 5) is 40.3. The number of halogens is 1. The van der Waals surface area contributed by atoms with Gasteiger partial charge in [0.05, 0.1) is 17.5 Å². The quantitative estimate of drug-likeness (QED) is 0.770. The van der Waals surface area contributed by atoms with Crippen LogP contribution < -0.4 is 11.1 Å². The van der Waals surface area contributed by atoms with Crippen molar-refractivity contribution in [2.24, 2.45) is 11.7 Å². The molecule has 3 N–H and O–H groups in total. The Labute approximate surface area is 157 Å². The van der Waals surface area contributed by atoms with E-state index in [0.29, 0.717) is 31.1 Å². The second-order valence-electron chi connectivity index (χ2n) is 6.14. The highest BCUT2D eigenvalue weighted by Gasteiger charge is 2.26. The molecular formula is C16H25ClN4O3S. The van der Waals surface area contributed by atoms with Crippen molar-refractivity contribution in [1.82, 2.24) is 15.1 Å². The van der Waals surface area contributed by atoms with Crippen LogP contribution in [0.5, 0.6) is 0 Å². The zero-order valence-electron chi connectivity index (χ0n) is 14.4. The molecule has 1 aromatic rings. The Hall–Kier alpha value is -1.64. The molecular weight excluding hydrogens is 364 g/mol. The summed E-state index contributed by atoms with van der Waals surface area (Å²) in [6.07, 6.45) is 0. The number of thiophene rings is 1. The van der Waals surface area contributed by atoms with Crippen LogP contribution in [0.3, 0.4) is 0 Å². The molecule has 3 amide bonds. The molecule has 0 saturated carbocycles. The Morgan fingerprint density at radius 3 is 2.32 bits per heavy atom. The van der Waals surface area contributed by atoms with E-state index in [1.807, 2.05) is 25.3 Å². The van der Waals surface area contributed by atoms with Gasteiger partial charge < -0.3 is 20.9 Å². The largest absolute Gasteiger partial charge is 0.346 e. The Kier molecular flexibility index (Phi) is 8.34. The Bertz CT molecular complexity index is 586. The molecule has 0 bridgehead atoms. The minimum Gasteiger partial charge on any atom is -0.346 e. The lowest BCUT2D eigenvalue weighted by Gasteiger charge is -2.34. The van der Waals surface area contributed by atoms with Gasteiger partial charge in [0.1, 0.15) is 0 Å². The lowest BCUT2D eigenvalue weighted by Crippen LogP contribution is -2.53. The summed E-state index contributed by atoms with van der Waals surface area (Å²) in [6.45, 7) is 5.61. The molecule has 0 radical (unpaired) electrons. The van der Waals surface area contributed by atoms with Gasteiger partial charge in [-0.2, -0.15) is 0 Å². The average Bonchev–Trinajstić information content (AvgIpc) is 3.12. The molecule has 1 aliphatic heterocycles. The van der Waals surface area contributed by atoms with Gasteiger partial charge in [-0.05, 0) is 17.4 Å². The molecule has 1 atom stereocenters. The zero-order chi connectivity index (χ0) is 17.7. The second kappa shape index (κ2) is 9.74. The van der Waals surface area contributed by atoms with Gasteiger partial charge in [0.25, 0.3) is 5.91 Å². The van der Waals surface area contributed by atoms with Crippen LogP contribution in [0.2, 0.25) is 0 Å². The fourth-order valence-electron chi connectivity index (χ4n) is 2.41. The molecule has 0 unspecified atom stereocenters. The monoisotopic (exact) mass is 388 g/mol. The molecule has 25 heavy (non-hydrogen) atoms. The first-order valence-corrected chi connectivity index (χ1v) is 8.92. The number of piperazine rings is 1. The maximum atomic E-state index is 12.3. The minimum atomic E-state index is -0.613. The number of hydrogen-bond acceptors (Lipinski definition) is 5. The number of nitrogens with two attached hydrogens (primary N) is 1. The fraction of sp³-hybridized carbons (Fsp3) is 0.562. The molecule has 0 aliphatic carbocycles. The summed E-state index contributed by atoms with van der Waals surface area (Å²) in [7, 11) is 0. The van der Waals surface area contributed by atoms with Crippen LogP contribution >= 0.6 is 23.7 Å².